The Morgan fingerprint density at radius 3 is 2.19 bits per heavy atom. The molecule has 0 aliphatic heterocycles. The van der Waals surface area contributed by atoms with E-state index in [1.807, 2.05) is 18.2 Å². The van der Waals surface area contributed by atoms with E-state index in [2.05, 4.69) is 21.2 Å². The molecule has 7 heteroatoms. The maximum absolute atomic E-state index is 12.6. The molecule has 140 valence electrons. The van der Waals surface area contributed by atoms with Crippen LogP contribution in [0.15, 0.2) is 34.8 Å². The third-order valence-corrected chi connectivity index (χ3v) is 4.53. The number of benzene rings is 2. The maximum Gasteiger partial charge on any atom is 0.256 e. The zero-order chi connectivity index (χ0) is 19.1. The molecular weight excluding hydrogens is 402 g/mol. The van der Waals surface area contributed by atoms with Gasteiger partial charge in [0.15, 0.2) is 23.0 Å². The average Bonchev–Trinajstić information content (AvgIpc) is 2.67. The van der Waals surface area contributed by atoms with E-state index < -0.39 is 0 Å². The smallest absolute Gasteiger partial charge is 0.256 e. The number of halogens is 1. The van der Waals surface area contributed by atoms with Crippen LogP contribution in [0.5, 0.6) is 23.0 Å². The summed E-state index contributed by atoms with van der Waals surface area (Å²) >= 11 is 3.40. The van der Waals surface area contributed by atoms with Crippen molar-refractivity contribution >= 4 is 21.8 Å². The number of hydrogen-bond acceptors (Lipinski definition) is 5. The number of rotatable bonds is 8. The van der Waals surface area contributed by atoms with Gasteiger partial charge in [-0.3, -0.25) is 4.79 Å². The van der Waals surface area contributed by atoms with Gasteiger partial charge in [-0.2, -0.15) is 0 Å². The minimum Gasteiger partial charge on any atom is -0.493 e. The van der Waals surface area contributed by atoms with E-state index in [1.54, 1.807) is 26.4 Å². The second-order valence-electron chi connectivity index (χ2n) is 5.35. The van der Waals surface area contributed by atoms with Crippen LogP contribution in [0.25, 0.3) is 0 Å². The van der Waals surface area contributed by atoms with Crippen LogP contribution < -0.4 is 24.3 Å². The summed E-state index contributed by atoms with van der Waals surface area (Å²) in [4.78, 5) is 12.6. The Morgan fingerprint density at radius 2 is 1.58 bits per heavy atom. The second kappa shape index (κ2) is 9.33. The van der Waals surface area contributed by atoms with Gasteiger partial charge in [0.2, 0.25) is 0 Å². The van der Waals surface area contributed by atoms with Gasteiger partial charge >= 0.3 is 0 Å². The molecule has 1 amide bonds. The lowest BCUT2D eigenvalue weighted by Gasteiger charge is -2.14. The van der Waals surface area contributed by atoms with Crippen molar-refractivity contribution in [3.63, 3.8) is 0 Å². The molecule has 0 saturated heterocycles. The number of carbonyl (C=O) groups excluding carboxylic acids is 1. The van der Waals surface area contributed by atoms with Crippen molar-refractivity contribution in [1.82, 2.24) is 5.32 Å². The first-order valence-electron chi connectivity index (χ1n) is 7.95. The van der Waals surface area contributed by atoms with E-state index in [0.717, 1.165) is 5.56 Å². The van der Waals surface area contributed by atoms with Crippen LogP contribution in [0.2, 0.25) is 0 Å². The van der Waals surface area contributed by atoms with Crippen LogP contribution >= 0.6 is 15.9 Å². The van der Waals surface area contributed by atoms with Crippen molar-refractivity contribution < 1.29 is 23.7 Å². The number of amides is 1. The standard InChI is InChI=1S/C19H22BrNO5/c1-23-14-7-5-12(11-16(14)25-3)9-10-21-19(22)17-13(20)6-8-15(24-2)18(17)26-4/h5-8,11H,9-10H2,1-4H3,(H,21,22). The number of nitrogens with one attached hydrogen (secondary N) is 1. The van der Waals surface area contributed by atoms with Crippen molar-refractivity contribution in [2.45, 2.75) is 6.42 Å². The Labute approximate surface area is 161 Å². The molecule has 0 atom stereocenters. The monoisotopic (exact) mass is 423 g/mol. The summed E-state index contributed by atoms with van der Waals surface area (Å²) in [5.74, 6) is 1.98. The quantitative estimate of drug-likeness (QED) is 0.703. The largest absolute Gasteiger partial charge is 0.493 e. The van der Waals surface area contributed by atoms with Gasteiger partial charge < -0.3 is 24.3 Å². The van der Waals surface area contributed by atoms with Crippen LogP contribution in [0.3, 0.4) is 0 Å². The molecule has 2 rings (SSSR count). The van der Waals surface area contributed by atoms with Crippen molar-refractivity contribution in [1.29, 1.82) is 0 Å². The summed E-state index contributed by atoms with van der Waals surface area (Å²) in [5.41, 5.74) is 1.43. The van der Waals surface area contributed by atoms with Crippen LogP contribution in [0.1, 0.15) is 15.9 Å². The van der Waals surface area contributed by atoms with Crippen LogP contribution in [0, 0.1) is 0 Å². The molecule has 0 bridgehead atoms. The van der Waals surface area contributed by atoms with E-state index in [-0.39, 0.29) is 5.91 Å². The molecular formula is C19H22BrNO5. The van der Waals surface area contributed by atoms with Crippen LogP contribution in [0.4, 0.5) is 0 Å². The maximum atomic E-state index is 12.6. The van der Waals surface area contributed by atoms with Gasteiger partial charge in [0.05, 0.1) is 34.0 Å². The van der Waals surface area contributed by atoms with Gasteiger partial charge in [0, 0.05) is 11.0 Å². The van der Waals surface area contributed by atoms with Gasteiger partial charge in [-0.15, -0.1) is 0 Å². The Kier molecular flexibility index (Phi) is 7.15. The van der Waals surface area contributed by atoms with Gasteiger partial charge in [-0.05, 0) is 52.2 Å². The molecule has 6 nitrogen and oxygen atoms in total. The summed E-state index contributed by atoms with van der Waals surface area (Å²) in [6.07, 6.45) is 0.649. The first-order valence-corrected chi connectivity index (χ1v) is 8.74. The molecule has 0 saturated carbocycles. The lowest BCUT2D eigenvalue weighted by atomic mass is 10.1. The normalized spacial score (nSPS) is 10.2. The summed E-state index contributed by atoms with van der Waals surface area (Å²) in [6, 6.07) is 9.17. The Morgan fingerprint density at radius 1 is 0.923 bits per heavy atom. The van der Waals surface area contributed by atoms with E-state index in [4.69, 9.17) is 18.9 Å². The SMILES string of the molecule is COc1ccc(CCNC(=O)c2c(Br)ccc(OC)c2OC)cc1OC. The van der Waals surface area contributed by atoms with Crippen molar-refractivity contribution in [3.05, 3.63) is 45.9 Å². The fourth-order valence-electron chi connectivity index (χ4n) is 2.56. The van der Waals surface area contributed by atoms with Crippen molar-refractivity contribution in [3.8, 4) is 23.0 Å². The number of methoxy groups -OCH3 is 4. The molecule has 0 radical (unpaired) electrons. The van der Waals surface area contributed by atoms with E-state index >= 15 is 0 Å². The van der Waals surface area contributed by atoms with Crippen molar-refractivity contribution in [2.24, 2.45) is 0 Å². The van der Waals surface area contributed by atoms with E-state index in [1.165, 1.54) is 14.2 Å². The van der Waals surface area contributed by atoms with E-state index in [0.29, 0.717) is 46.0 Å². The first kappa shape index (κ1) is 19.9. The topological polar surface area (TPSA) is 66.0 Å². The molecule has 2 aromatic carbocycles. The molecule has 0 heterocycles. The highest BCUT2D eigenvalue weighted by Gasteiger charge is 2.20. The van der Waals surface area contributed by atoms with Crippen molar-refractivity contribution in [2.75, 3.05) is 35.0 Å². The fourth-order valence-corrected chi connectivity index (χ4v) is 3.05. The Hall–Kier alpha value is -2.41. The number of hydrogen-bond donors (Lipinski definition) is 1. The minimum atomic E-state index is -0.242. The summed E-state index contributed by atoms with van der Waals surface area (Å²) < 4.78 is 21.8. The zero-order valence-corrected chi connectivity index (χ0v) is 16.8. The number of carbonyl (C=O) groups is 1. The van der Waals surface area contributed by atoms with Gasteiger partial charge in [-0.1, -0.05) is 6.07 Å². The Bertz CT molecular complexity index is 779. The highest BCUT2D eigenvalue weighted by atomic mass is 79.9. The molecule has 26 heavy (non-hydrogen) atoms. The van der Waals surface area contributed by atoms with Gasteiger partial charge in [0.1, 0.15) is 0 Å². The molecule has 0 fully saturated rings. The predicted molar refractivity (Wildman–Crippen MR) is 103 cm³/mol. The third-order valence-electron chi connectivity index (χ3n) is 3.87. The van der Waals surface area contributed by atoms with Gasteiger partial charge in [-0.25, -0.2) is 0 Å². The summed E-state index contributed by atoms with van der Waals surface area (Å²) in [5, 5.41) is 2.90. The number of ether oxygens (including phenoxy) is 4. The molecule has 0 aliphatic rings. The second-order valence-corrected chi connectivity index (χ2v) is 6.21. The first-order chi connectivity index (χ1) is 12.5. The third kappa shape index (κ3) is 4.40. The Balaban J connectivity index is 2.08. The predicted octanol–water partition coefficient (Wildman–Crippen LogP) is 3.46. The molecule has 0 aliphatic carbocycles. The van der Waals surface area contributed by atoms with Crippen LogP contribution in [-0.2, 0) is 6.42 Å². The summed E-state index contributed by atoms with van der Waals surface area (Å²) in [6.45, 7) is 0.459. The molecule has 0 unspecified atom stereocenters. The zero-order valence-electron chi connectivity index (χ0n) is 15.2. The minimum absolute atomic E-state index is 0.242. The summed E-state index contributed by atoms with van der Waals surface area (Å²) in [7, 11) is 6.22. The van der Waals surface area contributed by atoms with Gasteiger partial charge in [0.25, 0.3) is 5.91 Å². The fraction of sp³-hybridized carbons (Fsp3) is 0.316. The molecule has 0 aromatic heterocycles. The highest BCUT2D eigenvalue weighted by Crippen LogP contribution is 2.35. The van der Waals surface area contributed by atoms with E-state index in [9.17, 15) is 4.79 Å². The molecule has 2 aromatic rings. The van der Waals surface area contributed by atoms with Crippen LogP contribution in [-0.4, -0.2) is 40.9 Å². The lowest BCUT2D eigenvalue weighted by molar-refractivity contribution is 0.0949. The molecule has 1 N–H and O–H groups in total. The molecule has 0 spiro atoms. The lowest BCUT2D eigenvalue weighted by Crippen LogP contribution is -2.26. The highest BCUT2D eigenvalue weighted by molar-refractivity contribution is 9.10. The average molecular weight is 424 g/mol.